The van der Waals surface area contributed by atoms with Crippen molar-refractivity contribution in [2.45, 2.75) is 38.3 Å². The van der Waals surface area contributed by atoms with Gasteiger partial charge in [0.2, 0.25) is 0 Å². The second kappa shape index (κ2) is 12.5. The number of nitrogens with one attached hydrogen (secondary N) is 1. The van der Waals surface area contributed by atoms with Gasteiger partial charge < -0.3 is 20.1 Å². The molecule has 2 N–H and O–H groups in total. The number of hydrogen-bond acceptors (Lipinski definition) is 9. The molecule has 6 rings (SSSR count). The van der Waals surface area contributed by atoms with Gasteiger partial charge in [-0.05, 0) is 55.7 Å². The molecule has 246 valence electrons. The lowest BCUT2D eigenvalue weighted by molar-refractivity contribution is -0.142. The van der Waals surface area contributed by atoms with Crippen molar-refractivity contribution in [1.29, 1.82) is 0 Å². The number of amides is 2. The molecular formula is C33H34F2N6O5S. The number of esters is 1. The van der Waals surface area contributed by atoms with Gasteiger partial charge in [-0.25, -0.2) is 23.4 Å². The number of ether oxygens (including phenoxy) is 1. The quantitative estimate of drug-likeness (QED) is 0.343. The molecule has 2 aromatic carbocycles. The van der Waals surface area contributed by atoms with Crippen LogP contribution >= 0.6 is 11.3 Å². The molecule has 0 bridgehead atoms. The third-order valence-corrected chi connectivity index (χ3v) is 9.88. The highest BCUT2D eigenvalue weighted by atomic mass is 32.1. The molecule has 11 nitrogen and oxygen atoms in total. The number of hydrogen-bond donors (Lipinski definition) is 2. The second-order valence-electron chi connectivity index (χ2n) is 12.3. The van der Waals surface area contributed by atoms with Crippen molar-refractivity contribution in [3.05, 3.63) is 92.6 Å². The minimum Gasteiger partial charge on any atom is -0.481 e. The molecule has 2 fully saturated rings. The predicted molar refractivity (Wildman–Crippen MR) is 171 cm³/mol. The first-order valence-corrected chi connectivity index (χ1v) is 15.9. The number of carbonyl (C=O) groups excluding carboxylic acids is 2. The Hall–Kier alpha value is -4.69. The molecule has 3 aromatic rings. The number of amidine groups is 1. The van der Waals surface area contributed by atoms with Gasteiger partial charge in [0.15, 0.2) is 22.5 Å². The van der Waals surface area contributed by atoms with Crippen LogP contribution in [0.25, 0.3) is 0 Å². The maximum absolute atomic E-state index is 14.8. The summed E-state index contributed by atoms with van der Waals surface area (Å²) in [5, 5.41) is 15.2. The average molecular weight is 665 g/mol. The molecule has 0 aliphatic carbocycles. The lowest BCUT2D eigenvalue weighted by atomic mass is 9.85. The third kappa shape index (κ3) is 5.87. The Morgan fingerprint density at radius 1 is 1.13 bits per heavy atom. The first kappa shape index (κ1) is 32.3. The number of nitrogens with zero attached hydrogens (tertiary/aromatic N) is 5. The van der Waals surface area contributed by atoms with E-state index in [4.69, 9.17) is 9.73 Å². The molecule has 2 atom stereocenters. The fourth-order valence-electron chi connectivity index (χ4n) is 6.24. The van der Waals surface area contributed by atoms with E-state index in [1.165, 1.54) is 31.4 Å². The predicted octanol–water partition coefficient (Wildman–Crippen LogP) is 4.24. The van der Waals surface area contributed by atoms with E-state index in [1.807, 2.05) is 4.90 Å². The number of anilines is 1. The first-order valence-electron chi connectivity index (χ1n) is 15.1. The monoisotopic (exact) mass is 664 g/mol. The fourth-order valence-corrected chi connectivity index (χ4v) is 6.83. The molecule has 1 aromatic heterocycles. The number of carboxylic acids is 1. The number of urea groups is 1. The van der Waals surface area contributed by atoms with E-state index in [2.05, 4.69) is 15.2 Å². The van der Waals surface area contributed by atoms with Crippen molar-refractivity contribution in [2.24, 2.45) is 4.99 Å². The number of aliphatic imine (C=N–C) groups is 1. The lowest BCUT2D eigenvalue weighted by Gasteiger charge is -2.38. The molecule has 0 unspecified atom stereocenters. The van der Waals surface area contributed by atoms with Crippen LogP contribution in [0.1, 0.15) is 41.6 Å². The summed E-state index contributed by atoms with van der Waals surface area (Å²) in [6, 6.07) is 8.22. The number of piperazine rings is 1. The summed E-state index contributed by atoms with van der Waals surface area (Å²) >= 11 is 1.34. The fraction of sp³-hybridized carbons (Fsp3) is 0.364. The molecule has 2 saturated heterocycles. The summed E-state index contributed by atoms with van der Waals surface area (Å²) < 4.78 is 34.0. The lowest BCUT2D eigenvalue weighted by Crippen LogP contribution is -2.53. The summed E-state index contributed by atoms with van der Waals surface area (Å²) in [6.45, 7) is 6.88. The number of carboxylic acid groups (broad SMARTS) is 1. The Bertz CT molecular complexity index is 1790. The van der Waals surface area contributed by atoms with Crippen LogP contribution in [0.15, 0.2) is 64.2 Å². The first-order chi connectivity index (χ1) is 22.4. The number of carbonyl (C=O) groups is 3. The van der Waals surface area contributed by atoms with Crippen molar-refractivity contribution in [2.75, 3.05) is 44.7 Å². The van der Waals surface area contributed by atoms with Gasteiger partial charge in [0.1, 0.15) is 6.04 Å². The number of aromatic nitrogens is 1. The zero-order chi connectivity index (χ0) is 33.6. The summed E-state index contributed by atoms with van der Waals surface area (Å²) in [5.41, 5.74) is 1.30. The van der Waals surface area contributed by atoms with E-state index in [-0.39, 0.29) is 29.8 Å². The minimum atomic E-state index is -1.07. The van der Waals surface area contributed by atoms with Gasteiger partial charge in [-0.2, -0.15) is 0 Å². The zero-order valence-corrected chi connectivity index (χ0v) is 27.1. The van der Waals surface area contributed by atoms with Crippen molar-refractivity contribution >= 4 is 40.8 Å². The van der Waals surface area contributed by atoms with Gasteiger partial charge in [-0.1, -0.05) is 18.2 Å². The van der Waals surface area contributed by atoms with Crippen LogP contribution in [-0.2, 0) is 19.7 Å². The number of fused-ring (bicyclic) bond motifs is 1. The van der Waals surface area contributed by atoms with Gasteiger partial charge in [-0.15, -0.1) is 11.3 Å². The average Bonchev–Trinajstić information content (AvgIpc) is 3.71. The SMILES string of the molecule is COC(=O)C1=C(CN2CCN3C(=O)N(c4ccc(C(C)(C)C(=O)O)cc4)C[C@@H]3C2)NC(c2nccs2)=N[C@H]1c1ccc(F)c(F)c1C. The van der Waals surface area contributed by atoms with E-state index in [0.29, 0.717) is 59.5 Å². The van der Waals surface area contributed by atoms with Crippen LogP contribution in [-0.4, -0.2) is 89.6 Å². The van der Waals surface area contributed by atoms with Gasteiger partial charge >= 0.3 is 18.0 Å². The summed E-state index contributed by atoms with van der Waals surface area (Å²) in [6.07, 6.45) is 1.63. The number of halogens is 2. The van der Waals surface area contributed by atoms with E-state index in [0.717, 1.165) is 6.07 Å². The topological polar surface area (TPSA) is 128 Å². The number of thiazole rings is 1. The largest absolute Gasteiger partial charge is 0.481 e. The van der Waals surface area contributed by atoms with E-state index in [9.17, 15) is 28.3 Å². The van der Waals surface area contributed by atoms with Crippen LogP contribution in [0.4, 0.5) is 19.3 Å². The number of methoxy groups -OCH3 is 1. The van der Waals surface area contributed by atoms with E-state index < -0.39 is 35.0 Å². The molecule has 0 spiro atoms. The molecule has 14 heteroatoms. The highest BCUT2D eigenvalue weighted by molar-refractivity contribution is 7.11. The van der Waals surface area contributed by atoms with Gasteiger partial charge in [0.25, 0.3) is 0 Å². The maximum atomic E-state index is 14.8. The van der Waals surface area contributed by atoms with Crippen LogP contribution in [0.3, 0.4) is 0 Å². The molecule has 0 saturated carbocycles. The summed E-state index contributed by atoms with van der Waals surface area (Å²) in [7, 11) is 1.26. The normalized spacial score (nSPS) is 20.2. The Labute approximate surface area is 274 Å². The highest BCUT2D eigenvalue weighted by Crippen LogP contribution is 2.36. The minimum absolute atomic E-state index is 0.0395. The number of benzene rings is 2. The Balaban J connectivity index is 1.27. The zero-order valence-electron chi connectivity index (χ0n) is 26.3. The van der Waals surface area contributed by atoms with Crippen LogP contribution in [0.5, 0.6) is 0 Å². The van der Waals surface area contributed by atoms with E-state index >= 15 is 0 Å². The third-order valence-electron chi connectivity index (χ3n) is 9.10. The van der Waals surface area contributed by atoms with Crippen molar-refractivity contribution in [3.8, 4) is 0 Å². The maximum Gasteiger partial charge on any atom is 0.338 e. The van der Waals surface area contributed by atoms with Crippen LogP contribution < -0.4 is 10.2 Å². The Kier molecular flexibility index (Phi) is 8.57. The van der Waals surface area contributed by atoms with Crippen molar-refractivity contribution < 1.29 is 33.0 Å². The molecule has 3 aliphatic heterocycles. The smallest absolute Gasteiger partial charge is 0.338 e. The second-order valence-corrected chi connectivity index (χ2v) is 13.1. The van der Waals surface area contributed by atoms with Crippen LogP contribution in [0.2, 0.25) is 0 Å². The van der Waals surface area contributed by atoms with E-state index in [1.54, 1.807) is 54.6 Å². The molecule has 4 heterocycles. The van der Waals surface area contributed by atoms with Crippen molar-refractivity contribution in [3.63, 3.8) is 0 Å². The molecular weight excluding hydrogens is 630 g/mol. The summed E-state index contributed by atoms with van der Waals surface area (Å²) in [5.74, 6) is -3.20. The van der Waals surface area contributed by atoms with Gasteiger partial charge in [-0.3, -0.25) is 19.6 Å². The molecule has 2 amide bonds. The molecule has 47 heavy (non-hydrogen) atoms. The van der Waals surface area contributed by atoms with Crippen LogP contribution in [0, 0.1) is 18.6 Å². The Morgan fingerprint density at radius 3 is 2.53 bits per heavy atom. The van der Waals surface area contributed by atoms with Crippen molar-refractivity contribution in [1.82, 2.24) is 20.1 Å². The summed E-state index contributed by atoms with van der Waals surface area (Å²) in [4.78, 5) is 53.2. The molecule has 3 aliphatic rings. The van der Waals surface area contributed by atoms with Gasteiger partial charge in [0, 0.05) is 55.7 Å². The highest BCUT2D eigenvalue weighted by Gasteiger charge is 2.42. The Morgan fingerprint density at radius 2 is 1.87 bits per heavy atom. The number of rotatable bonds is 8. The standard InChI is InChI=1S/C33H34F2N6O5S/c1-18-22(9-10-23(34)26(18)35)27-25(30(42)46-4)24(37-28(38-27)29-36-11-14-47-29)17-39-12-13-40-21(15-39)16-41(32(40)45)20-7-5-19(6-8-20)33(2,3)31(43)44/h5-11,14,21,27H,12-13,15-17H2,1-4H3,(H,37,38)(H,43,44)/t21-,27-/m0/s1. The molecule has 0 radical (unpaired) electrons. The number of aliphatic carboxylic acids is 1. The van der Waals surface area contributed by atoms with Gasteiger partial charge in [0.05, 0.1) is 24.1 Å².